The molecule has 2 aliphatic rings. The fraction of sp³-hybridized carbons (Fsp3) is 0.667. The number of aromatic nitrogens is 1. The van der Waals surface area contributed by atoms with Gasteiger partial charge in [0.2, 0.25) is 21.8 Å². The molecule has 0 bridgehead atoms. The highest BCUT2D eigenvalue weighted by Crippen LogP contribution is 2.23. The van der Waals surface area contributed by atoms with E-state index in [0.717, 1.165) is 37.5 Å². The maximum absolute atomic E-state index is 12.5. The molecule has 8 heteroatoms. The molecule has 0 spiro atoms. The van der Waals surface area contributed by atoms with Gasteiger partial charge < -0.3 is 10.1 Å². The minimum Gasteiger partial charge on any atom is -0.474 e. The van der Waals surface area contributed by atoms with E-state index < -0.39 is 16.1 Å². The second-order valence-electron chi connectivity index (χ2n) is 7.13. The summed E-state index contributed by atoms with van der Waals surface area (Å²) in [6, 6.07) is 3.06. The molecular weight excluding hydrogens is 354 g/mol. The maximum atomic E-state index is 12.5. The van der Waals surface area contributed by atoms with Crippen molar-refractivity contribution < 1.29 is 17.9 Å². The first kappa shape index (κ1) is 19.1. The summed E-state index contributed by atoms with van der Waals surface area (Å²) in [5, 5.41) is 2.86. The standard InChI is InChI=1S/C18H27N3O4S/c1-26(23,24)21-11-5-4-8-16(21)18(22)20-13-14-9-10-19-17(12-14)25-15-6-2-3-7-15/h9-10,12,15-16H,2-8,11,13H2,1H3,(H,20,22). The molecule has 7 nitrogen and oxygen atoms in total. The Labute approximate surface area is 155 Å². The van der Waals surface area contributed by atoms with Crippen molar-refractivity contribution in [3.05, 3.63) is 23.9 Å². The van der Waals surface area contributed by atoms with Crippen LogP contribution in [-0.4, -0.2) is 48.6 Å². The van der Waals surface area contributed by atoms with Gasteiger partial charge in [0.05, 0.1) is 6.26 Å². The Morgan fingerprint density at radius 2 is 2.00 bits per heavy atom. The van der Waals surface area contributed by atoms with E-state index in [4.69, 9.17) is 4.74 Å². The third kappa shape index (κ3) is 4.94. The lowest BCUT2D eigenvalue weighted by atomic mass is 10.0. The quantitative estimate of drug-likeness (QED) is 0.812. The summed E-state index contributed by atoms with van der Waals surface area (Å²) in [4.78, 5) is 16.8. The van der Waals surface area contributed by atoms with E-state index in [1.165, 1.54) is 17.1 Å². The van der Waals surface area contributed by atoms with Crippen LogP contribution in [0.5, 0.6) is 5.88 Å². The summed E-state index contributed by atoms with van der Waals surface area (Å²) in [5.41, 5.74) is 0.892. The molecule has 1 unspecified atom stereocenters. The fourth-order valence-corrected chi connectivity index (χ4v) is 4.80. The second kappa shape index (κ2) is 8.35. The van der Waals surface area contributed by atoms with Crippen LogP contribution in [0, 0.1) is 0 Å². The topological polar surface area (TPSA) is 88.6 Å². The van der Waals surface area contributed by atoms with E-state index in [9.17, 15) is 13.2 Å². The first-order chi connectivity index (χ1) is 12.4. The molecule has 1 amide bonds. The van der Waals surface area contributed by atoms with Crippen LogP contribution in [0.2, 0.25) is 0 Å². The molecule has 1 aromatic heterocycles. The van der Waals surface area contributed by atoms with Crippen LogP contribution in [0.4, 0.5) is 0 Å². The molecule has 2 fully saturated rings. The predicted octanol–water partition coefficient (Wildman–Crippen LogP) is 1.83. The summed E-state index contributed by atoms with van der Waals surface area (Å²) in [5.74, 6) is 0.337. The van der Waals surface area contributed by atoms with Crippen molar-refractivity contribution >= 4 is 15.9 Å². The Morgan fingerprint density at radius 3 is 2.73 bits per heavy atom. The Morgan fingerprint density at radius 1 is 1.27 bits per heavy atom. The fourth-order valence-electron chi connectivity index (χ4n) is 3.67. The number of hydrogen-bond donors (Lipinski definition) is 1. The minimum absolute atomic E-state index is 0.234. The third-order valence-corrected chi connectivity index (χ3v) is 6.33. The molecule has 1 atom stereocenters. The lowest BCUT2D eigenvalue weighted by molar-refractivity contribution is -0.125. The van der Waals surface area contributed by atoms with Gasteiger partial charge in [-0.1, -0.05) is 6.42 Å². The second-order valence-corrected chi connectivity index (χ2v) is 9.06. The van der Waals surface area contributed by atoms with Crippen LogP contribution in [0.15, 0.2) is 18.3 Å². The molecule has 144 valence electrons. The summed E-state index contributed by atoms with van der Waals surface area (Å²) in [6.45, 7) is 0.738. The lowest BCUT2D eigenvalue weighted by Gasteiger charge is -2.32. The Kier molecular flexibility index (Phi) is 6.13. The minimum atomic E-state index is -3.38. The molecule has 1 saturated heterocycles. The highest BCUT2D eigenvalue weighted by atomic mass is 32.2. The summed E-state index contributed by atoms with van der Waals surface area (Å²) >= 11 is 0. The van der Waals surface area contributed by atoms with Crippen LogP contribution in [0.3, 0.4) is 0 Å². The lowest BCUT2D eigenvalue weighted by Crippen LogP contribution is -2.51. The predicted molar refractivity (Wildman–Crippen MR) is 98.2 cm³/mol. The highest BCUT2D eigenvalue weighted by molar-refractivity contribution is 7.88. The van der Waals surface area contributed by atoms with Crippen LogP contribution < -0.4 is 10.1 Å². The average Bonchev–Trinajstić information content (AvgIpc) is 3.12. The van der Waals surface area contributed by atoms with Crippen molar-refractivity contribution in [2.45, 2.75) is 63.6 Å². The number of sulfonamides is 1. The number of nitrogens with one attached hydrogen (secondary N) is 1. The Hall–Kier alpha value is -1.67. The molecule has 26 heavy (non-hydrogen) atoms. The van der Waals surface area contributed by atoms with Gasteiger partial charge in [-0.05, 0) is 50.2 Å². The molecule has 2 heterocycles. The van der Waals surface area contributed by atoms with Gasteiger partial charge in [-0.15, -0.1) is 0 Å². The zero-order valence-electron chi connectivity index (χ0n) is 15.2. The molecule has 1 aromatic rings. The van der Waals surface area contributed by atoms with E-state index in [1.54, 1.807) is 6.20 Å². The smallest absolute Gasteiger partial charge is 0.238 e. The van der Waals surface area contributed by atoms with E-state index in [-0.39, 0.29) is 12.0 Å². The van der Waals surface area contributed by atoms with Crippen molar-refractivity contribution in [1.82, 2.24) is 14.6 Å². The number of pyridine rings is 1. The van der Waals surface area contributed by atoms with Crippen LogP contribution in [0.1, 0.15) is 50.5 Å². The van der Waals surface area contributed by atoms with Crippen molar-refractivity contribution in [2.75, 3.05) is 12.8 Å². The number of carbonyl (C=O) groups excluding carboxylic acids is 1. The molecule has 1 aliphatic carbocycles. The molecular formula is C18H27N3O4S. The van der Waals surface area contributed by atoms with Crippen molar-refractivity contribution in [3.63, 3.8) is 0 Å². The zero-order valence-corrected chi connectivity index (χ0v) is 16.0. The Balaban J connectivity index is 1.58. The maximum Gasteiger partial charge on any atom is 0.238 e. The highest BCUT2D eigenvalue weighted by Gasteiger charge is 2.34. The first-order valence-corrected chi connectivity index (χ1v) is 11.1. The summed E-state index contributed by atoms with van der Waals surface area (Å²) in [6.07, 6.45) is 9.79. The van der Waals surface area contributed by atoms with Gasteiger partial charge >= 0.3 is 0 Å². The normalized spacial score (nSPS) is 22.3. The first-order valence-electron chi connectivity index (χ1n) is 9.29. The zero-order chi connectivity index (χ0) is 18.6. The van der Waals surface area contributed by atoms with E-state index in [1.807, 2.05) is 12.1 Å². The van der Waals surface area contributed by atoms with Gasteiger partial charge in [-0.25, -0.2) is 13.4 Å². The number of nitrogens with zero attached hydrogens (tertiary/aromatic N) is 2. The Bertz CT molecular complexity index is 732. The number of carbonyl (C=O) groups is 1. The number of piperidine rings is 1. The van der Waals surface area contributed by atoms with Crippen molar-refractivity contribution in [1.29, 1.82) is 0 Å². The summed E-state index contributed by atoms with van der Waals surface area (Å²) in [7, 11) is -3.38. The number of rotatable bonds is 6. The van der Waals surface area contributed by atoms with Gasteiger partial charge in [-0.2, -0.15) is 4.31 Å². The van der Waals surface area contributed by atoms with Crippen LogP contribution in [0.25, 0.3) is 0 Å². The van der Waals surface area contributed by atoms with Gasteiger partial charge in [-0.3, -0.25) is 4.79 Å². The SMILES string of the molecule is CS(=O)(=O)N1CCCCC1C(=O)NCc1ccnc(OC2CCCC2)c1. The van der Waals surface area contributed by atoms with Crippen molar-refractivity contribution in [3.8, 4) is 5.88 Å². The van der Waals surface area contributed by atoms with E-state index in [0.29, 0.717) is 25.4 Å². The number of ether oxygens (including phenoxy) is 1. The molecule has 0 aromatic carbocycles. The average molecular weight is 381 g/mol. The molecule has 3 rings (SSSR count). The molecule has 0 radical (unpaired) electrons. The van der Waals surface area contributed by atoms with Gasteiger partial charge in [0.25, 0.3) is 0 Å². The van der Waals surface area contributed by atoms with Gasteiger partial charge in [0, 0.05) is 25.4 Å². The number of hydrogen-bond acceptors (Lipinski definition) is 5. The monoisotopic (exact) mass is 381 g/mol. The summed E-state index contributed by atoms with van der Waals surface area (Å²) < 4.78 is 31.0. The molecule has 1 aliphatic heterocycles. The van der Waals surface area contributed by atoms with Crippen molar-refractivity contribution in [2.24, 2.45) is 0 Å². The van der Waals surface area contributed by atoms with E-state index >= 15 is 0 Å². The third-order valence-electron chi connectivity index (χ3n) is 5.04. The molecule has 1 saturated carbocycles. The van der Waals surface area contributed by atoms with Gasteiger partial charge in [0.1, 0.15) is 12.1 Å². The van der Waals surface area contributed by atoms with Crippen LogP contribution in [-0.2, 0) is 21.4 Å². The van der Waals surface area contributed by atoms with Crippen LogP contribution >= 0.6 is 0 Å². The van der Waals surface area contributed by atoms with E-state index in [2.05, 4.69) is 10.3 Å². The molecule has 1 N–H and O–H groups in total. The van der Waals surface area contributed by atoms with Gasteiger partial charge in [0.15, 0.2) is 0 Å². The number of amides is 1. The largest absolute Gasteiger partial charge is 0.474 e.